The lowest BCUT2D eigenvalue weighted by Gasteiger charge is -2.26. The number of allylic oxidation sites excluding steroid dienone is 12. The number of carbonyl (C=O) groups is 1. The molecule has 3 unspecified atom stereocenters. The molecular weight excluding hydrogens is 695 g/mol. The van der Waals surface area contributed by atoms with Gasteiger partial charge >= 0.3 is 7.82 Å². The van der Waals surface area contributed by atoms with Gasteiger partial charge in [-0.05, 0) is 64.2 Å². The Labute approximate surface area is 332 Å². The Hall–Kier alpha value is -2.06. The Morgan fingerprint density at radius 3 is 1.63 bits per heavy atom. The van der Waals surface area contributed by atoms with E-state index in [0.717, 1.165) is 89.9 Å². The summed E-state index contributed by atoms with van der Waals surface area (Å²) in [6, 6.07) is -0.776. The summed E-state index contributed by atoms with van der Waals surface area (Å²) in [5.74, 6) is -0.176. The summed E-state index contributed by atoms with van der Waals surface area (Å²) in [7, 11) is 1.58. The van der Waals surface area contributed by atoms with Gasteiger partial charge in [0.1, 0.15) is 13.2 Å². The van der Waals surface area contributed by atoms with Crippen LogP contribution in [0, 0.1) is 0 Å². The van der Waals surface area contributed by atoms with Gasteiger partial charge in [-0.25, -0.2) is 4.57 Å². The lowest BCUT2D eigenvalue weighted by Crippen LogP contribution is -2.46. The number of nitrogens with zero attached hydrogens (tertiary/aromatic N) is 1. The number of quaternary nitrogens is 1. The van der Waals surface area contributed by atoms with E-state index in [1.54, 1.807) is 0 Å². The molecule has 0 aromatic heterocycles. The Balaban J connectivity index is 4.36. The molecule has 0 bridgehead atoms. The smallest absolute Gasteiger partial charge is 0.391 e. The zero-order valence-corrected chi connectivity index (χ0v) is 36.1. The molecule has 0 radical (unpaired) electrons. The summed E-state index contributed by atoms with van der Waals surface area (Å²) < 4.78 is 23.5. The molecule has 0 rings (SSSR count). The number of carbonyl (C=O) groups excluding carboxylic acids is 1. The van der Waals surface area contributed by atoms with Crippen LogP contribution in [0.3, 0.4) is 0 Å². The molecule has 9 heteroatoms. The SMILES string of the molecule is CC/C=C\C/C=C\C/C=C\C/C=C\C/C=C\C/C=C\CCCCCCC(=O)NC(COP(=O)(O)OCC[N+](C)(C)C)C(O)CCCCCCCCCCC. The second-order valence-corrected chi connectivity index (χ2v) is 16.8. The van der Waals surface area contributed by atoms with Crippen molar-refractivity contribution in [2.45, 2.75) is 167 Å². The first-order valence-corrected chi connectivity index (χ1v) is 22.8. The highest BCUT2D eigenvalue weighted by atomic mass is 31.2. The van der Waals surface area contributed by atoms with E-state index in [0.29, 0.717) is 23.9 Å². The molecule has 1 amide bonds. The van der Waals surface area contributed by atoms with Crippen molar-refractivity contribution in [3.8, 4) is 0 Å². The fourth-order valence-corrected chi connectivity index (χ4v) is 6.31. The average molecular weight is 778 g/mol. The van der Waals surface area contributed by atoms with Gasteiger partial charge in [-0.2, -0.15) is 0 Å². The molecule has 3 N–H and O–H groups in total. The maximum absolute atomic E-state index is 12.8. The van der Waals surface area contributed by atoms with Crippen molar-refractivity contribution in [3.63, 3.8) is 0 Å². The predicted molar refractivity (Wildman–Crippen MR) is 230 cm³/mol. The summed E-state index contributed by atoms with van der Waals surface area (Å²) in [6.07, 6.45) is 47.9. The molecule has 312 valence electrons. The van der Waals surface area contributed by atoms with Crippen LogP contribution in [0.15, 0.2) is 72.9 Å². The van der Waals surface area contributed by atoms with Gasteiger partial charge in [0.15, 0.2) is 0 Å². The monoisotopic (exact) mass is 778 g/mol. The molecule has 0 spiro atoms. The maximum atomic E-state index is 12.8. The minimum Gasteiger partial charge on any atom is -0.391 e. The Kier molecular flexibility index (Phi) is 35.2. The number of amides is 1. The Bertz CT molecular complexity index is 1110. The van der Waals surface area contributed by atoms with Crippen LogP contribution in [0.25, 0.3) is 0 Å². The third-order valence-electron chi connectivity index (χ3n) is 8.97. The van der Waals surface area contributed by atoms with Gasteiger partial charge in [-0.3, -0.25) is 13.8 Å². The normalized spacial score (nSPS) is 15.2. The number of aliphatic hydroxyl groups excluding tert-OH is 1. The van der Waals surface area contributed by atoms with Crippen molar-refractivity contribution < 1.29 is 32.9 Å². The van der Waals surface area contributed by atoms with Gasteiger partial charge in [0, 0.05) is 6.42 Å². The quantitative estimate of drug-likeness (QED) is 0.0251. The summed E-state index contributed by atoms with van der Waals surface area (Å²) in [5.41, 5.74) is 0. The molecule has 0 aromatic carbocycles. The first kappa shape index (κ1) is 51.9. The fourth-order valence-electron chi connectivity index (χ4n) is 5.58. The van der Waals surface area contributed by atoms with Gasteiger partial charge in [-0.1, -0.05) is 157 Å². The number of nitrogens with one attached hydrogen (secondary N) is 1. The van der Waals surface area contributed by atoms with Crippen molar-refractivity contribution in [2.75, 3.05) is 40.9 Å². The van der Waals surface area contributed by atoms with Crippen LogP contribution in [0.5, 0.6) is 0 Å². The van der Waals surface area contributed by atoms with Crippen LogP contribution in [-0.2, 0) is 18.4 Å². The van der Waals surface area contributed by atoms with Gasteiger partial charge in [0.05, 0.1) is 39.9 Å². The second-order valence-electron chi connectivity index (χ2n) is 15.3. The first-order chi connectivity index (χ1) is 26.0. The summed E-state index contributed by atoms with van der Waals surface area (Å²) in [4.78, 5) is 23.1. The van der Waals surface area contributed by atoms with Crippen molar-refractivity contribution >= 4 is 13.7 Å². The van der Waals surface area contributed by atoms with Crippen LogP contribution < -0.4 is 5.32 Å². The zero-order valence-electron chi connectivity index (χ0n) is 35.2. The number of hydrogen-bond acceptors (Lipinski definition) is 5. The highest BCUT2D eigenvalue weighted by molar-refractivity contribution is 7.47. The second kappa shape index (κ2) is 36.6. The number of hydrogen-bond donors (Lipinski definition) is 3. The van der Waals surface area contributed by atoms with Gasteiger partial charge in [-0.15, -0.1) is 0 Å². The molecule has 0 aliphatic rings. The molecule has 0 saturated heterocycles. The van der Waals surface area contributed by atoms with Crippen molar-refractivity contribution in [1.29, 1.82) is 0 Å². The molecule has 0 fully saturated rings. The van der Waals surface area contributed by atoms with Crippen molar-refractivity contribution in [2.24, 2.45) is 0 Å². The van der Waals surface area contributed by atoms with Crippen LogP contribution in [-0.4, -0.2) is 73.4 Å². The highest BCUT2D eigenvalue weighted by Crippen LogP contribution is 2.43. The molecule has 54 heavy (non-hydrogen) atoms. The summed E-state index contributed by atoms with van der Waals surface area (Å²) >= 11 is 0. The van der Waals surface area contributed by atoms with Crippen LogP contribution >= 0.6 is 7.82 Å². The van der Waals surface area contributed by atoms with Crippen LogP contribution in [0.4, 0.5) is 0 Å². The minimum atomic E-state index is -4.32. The first-order valence-electron chi connectivity index (χ1n) is 21.3. The van der Waals surface area contributed by atoms with E-state index in [1.165, 1.54) is 38.5 Å². The standard InChI is InChI=1S/C45H81N2O6P/c1-6-8-10-12-14-16-17-18-19-20-21-22-23-24-25-26-27-28-29-31-33-35-37-39-45(49)46-43(42-53-54(50,51)52-41-40-47(3,4)5)44(48)38-36-34-32-30-15-13-11-9-7-2/h8,10,14,16,18-19,21-22,24-25,27-28,43-44,48H,6-7,9,11-13,15,17,20,23,26,29-42H2,1-5H3,(H-,46,49,50,51)/p+1/b10-8-,16-14-,19-18-,22-21-,25-24-,28-27-. The fraction of sp³-hybridized carbons (Fsp3) is 0.711. The van der Waals surface area contributed by atoms with E-state index in [-0.39, 0.29) is 19.1 Å². The van der Waals surface area contributed by atoms with E-state index in [4.69, 9.17) is 9.05 Å². The molecule has 0 saturated carbocycles. The molecule has 0 aliphatic carbocycles. The highest BCUT2D eigenvalue weighted by Gasteiger charge is 2.28. The molecular formula is C45H82N2O6P+. The van der Waals surface area contributed by atoms with E-state index in [1.807, 2.05) is 21.1 Å². The topological polar surface area (TPSA) is 105 Å². The number of phosphoric acid groups is 1. The molecule has 0 aliphatic heterocycles. The predicted octanol–water partition coefficient (Wildman–Crippen LogP) is 11.6. The largest absolute Gasteiger partial charge is 0.472 e. The summed E-state index contributed by atoms with van der Waals surface area (Å²) in [6.45, 7) is 4.70. The van der Waals surface area contributed by atoms with Crippen molar-refractivity contribution in [3.05, 3.63) is 72.9 Å². The van der Waals surface area contributed by atoms with E-state index in [2.05, 4.69) is 92.1 Å². The molecule has 8 nitrogen and oxygen atoms in total. The third-order valence-corrected chi connectivity index (χ3v) is 9.95. The third kappa shape index (κ3) is 38.2. The van der Waals surface area contributed by atoms with Gasteiger partial charge < -0.3 is 19.8 Å². The Morgan fingerprint density at radius 2 is 1.11 bits per heavy atom. The van der Waals surface area contributed by atoms with Crippen LogP contribution in [0.2, 0.25) is 0 Å². The molecule has 0 heterocycles. The summed E-state index contributed by atoms with van der Waals surface area (Å²) in [5, 5.41) is 13.8. The lowest BCUT2D eigenvalue weighted by atomic mass is 10.0. The minimum absolute atomic E-state index is 0.0649. The Morgan fingerprint density at radius 1 is 0.648 bits per heavy atom. The average Bonchev–Trinajstić information content (AvgIpc) is 3.12. The lowest BCUT2D eigenvalue weighted by molar-refractivity contribution is -0.870. The zero-order chi connectivity index (χ0) is 40.0. The maximum Gasteiger partial charge on any atom is 0.472 e. The number of rotatable bonds is 37. The van der Waals surface area contributed by atoms with Gasteiger partial charge in [0.2, 0.25) is 5.91 Å². The van der Waals surface area contributed by atoms with Crippen LogP contribution in [0.1, 0.15) is 155 Å². The van der Waals surface area contributed by atoms with Crippen molar-refractivity contribution in [1.82, 2.24) is 5.32 Å². The van der Waals surface area contributed by atoms with E-state index >= 15 is 0 Å². The molecule has 3 atom stereocenters. The van der Waals surface area contributed by atoms with E-state index < -0.39 is 20.0 Å². The number of unbranched alkanes of at least 4 members (excludes halogenated alkanes) is 12. The number of phosphoric ester groups is 1. The number of aliphatic hydroxyl groups is 1. The van der Waals surface area contributed by atoms with Gasteiger partial charge in [0.25, 0.3) is 0 Å². The van der Waals surface area contributed by atoms with E-state index in [9.17, 15) is 19.4 Å². The molecule has 0 aromatic rings. The number of likely N-dealkylation sites (N-methyl/N-ethyl adjacent to an activating group) is 1.